The lowest BCUT2D eigenvalue weighted by Crippen LogP contribution is -2.40. The zero-order valence-corrected chi connectivity index (χ0v) is 19.8. The summed E-state index contributed by atoms with van der Waals surface area (Å²) in [6.45, 7) is 4.97. The molecule has 1 fully saturated rings. The van der Waals surface area contributed by atoms with Gasteiger partial charge in [-0.2, -0.15) is 8.61 Å². The van der Waals surface area contributed by atoms with Gasteiger partial charge in [0, 0.05) is 32.2 Å². The Labute approximate surface area is 192 Å². The highest BCUT2D eigenvalue weighted by molar-refractivity contribution is 7.89. The summed E-state index contributed by atoms with van der Waals surface area (Å²) in [5, 5.41) is 11.6. The van der Waals surface area contributed by atoms with Crippen LogP contribution in [0.1, 0.15) is 13.8 Å². The fraction of sp³-hybridized carbons (Fsp3) is 0.400. The van der Waals surface area contributed by atoms with E-state index in [9.17, 15) is 26.9 Å². The van der Waals surface area contributed by atoms with Crippen molar-refractivity contribution in [3.8, 4) is 11.5 Å². The molecule has 13 heteroatoms. The van der Waals surface area contributed by atoms with Gasteiger partial charge in [0.1, 0.15) is 5.75 Å². The topological polar surface area (TPSA) is 136 Å². The summed E-state index contributed by atoms with van der Waals surface area (Å²) >= 11 is 0. The molecule has 2 aromatic carbocycles. The third-order valence-corrected chi connectivity index (χ3v) is 9.09. The molecular formula is C20H25N3O8S2. The van der Waals surface area contributed by atoms with Gasteiger partial charge in [-0.15, -0.1) is 0 Å². The zero-order chi connectivity index (χ0) is 24.2. The number of ether oxygens (including phenoxy) is 2. The molecular weight excluding hydrogens is 474 g/mol. The van der Waals surface area contributed by atoms with Gasteiger partial charge in [-0.25, -0.2) is 16.8 Å². The molecule has 2 aromatic rings. The summed E-state index contributed by atoms with van der Waals surface area (Å²) in [5.41, 5.74) is -0.520. The summed E-state index contributed by atoms with van der Waals surface area (Å²) < 4.78 is 64.1. The molecule has 0 N–H and O–H groups in total. The van der Waals surface area contributed by atoms with Crippen molar-refractivity contribution in [2.45, 2.75) is 23.6 Å². The Bertz CT molecular complexity index is 1200. The lowest BCUT2D eigenvalue weighted by molar-refractivity contribution is -0.385. The van der Waals surface area contributed by atoms with Crippen LogP contribution in [-0.2, 0) is 24.8 Å². The van der Waals surface area contributed by atoms with E-state index in [0.29, 0.717) is 13.2 Å². The lowest BCUT2D eigenvalue weighted by atomic mass is 10.3. The van der Waals surface area contributed by atoms with E-state index in [-0.39, 0.29) is 47.5 Å². The van der Waals surface area contributed by atoms with Gasteiger partial charge in [0.15, 0.2) is 0 Å². The first-order valence-electron chi connectivity index (χ1n) is 10.3. The monoisotopic (exact) mass is 499 g/mol. The van der Waals surface area contributed by atoms with Crippen molar-refractivity contribution in [3.63, 3.8) is 0 Å². The molecule has 0 bridgehead atoms. The number of morpholine rings is 1. The summed E-state index contributed by atoms with van der Waals surface area (Å²) in [5.74, 6) is 0.000612. The number of nitrogens with zero attached hydrogens (tertiary/aromatic N) is 3. The average molecular weight is 500 g/mol. The minimum Gasteiger partial charge on any atom is -0.450 e. The number of hydrogen-bond donors (Lipinski definition) is 0. The van der Waals surface area contributed by atoms with Gasteiger partial charge in [0.25, 0.3) is 0 Å². The molecule has 1 saturated heterocycles. The average Bonchev–Trinajstić information content (AvgIpc) is 2.80. The molecule has 1 heterocycles. The van der Waals surface area contributed by atoms with E-state index in [0.717, 1.165) is 6.07 Å². The predicted octanol–water partition coefficient (Wildman–Crippen LogP) is 2.44. The van der Waals surface area contributed by atoms with Crippen molar-refractivity contribution in [2.75, 3.05) is 39.4 Å². The Hall–Kier alpha value is -2.58. The Morgan fingerprint density at radius 2 is 1.58 bits per heavy atom. The van der Waals surface area contributed by atoms with Gasteiger partial charge in [0.2, 0.25) is 25.8 Å². The number of sulfonamides is 2. The van der Waals surface area contributed by atoms with Crippen LogP contribution in [0.3, 0.4) is 0 Å². The highest BCUT2D eigenvalue weighted by Crippen LogP contribution is 2.34. The molecule has 0 spiro atoms. The van der Waals surface area contributed by atoms with E-state index >= 15 is 0 Å². The Balaban J connectivity index is 1.86. The first-order valence-corrected chi connectivity index (χ1v) is 13.1. The summed E-state index contributed by atoms with van der Waals surface area (Å²) in [6.07, 6.45) is 0. The second kappa shape index (κ2) is 10.1. The Kier molecular flexibility index (Phi) is 7.69. The highest BCUT2D eigenvalue weighted by atomic mass is 32.2. The van der Waals surface area contributed by atoms with Gasteiger partial charge in [-0.3, -0.25) is 10.1 Å². The standard InChI is InChI=1S/C20H25N3O8S2/c1-3-21(4-2)33(28,29)18-9-10-20(19(15-18)23(24)25)31-16-5-7-17(8-6-16)32(26,27)22-11-13-30-14-12-22/h5-10,15H,3-4,11-14H2,1-2H3. The summed E-state index contributed by atoms with van der Waals surface area (Å²) in [4.78, 5) is 10.7. The molecule has 0 amide bonds. The Morgan fingerprint density at radius 3 is 2.12 bits per heavy atom. The van der Waals surface area contributed by atoms with Gasteiger partial charge in [-0.05, 0) is 36.4 Å². The fourth-order valence-corrected chi connectivity index (χ4v) is 6.23. The van der Waals surface area contributed by atoms with Crippen molar-refractivity contribution >= 4 is 25.7 Å². The largest absolute Gasteiger partial charge is 0.450 e. The van der Waals surface area contributed by atoms with Gasteiger partial charge >= 0.3 is 5.69 Å². The lowest BCUT2D eigenvalue weighted by Gasteiger charge is -2.26. The van der Waals surface area contributed by atoms with Crippen molar-refractivity contribution in [1.29, 1.82) is 0 Å². The van der Waals surface area contributed by atoms with Crippen LogP contribution in [0.5, 0.6) is 11.5 Å². The van der Waals surface area contributed by atoms with Crippen LogP contribution in [0.15, 0.2) is 52.3 Å². The van der Waals surface area contributed by atoms with Crippen LogP contribution in [0.25, 0.3) is 0 Å². The first kappa shape index (κ1) is 25.1. The molecule has 180 valence electrons. The highest BCUT2D eigenvalue weighted by Gasteiger charge is 2.28. The van der Waals surface area contributed by atoms with Crippen LogP contribution in [-0.4, -0.2) is 69.8 Å². The quantitative estimate of drug-likeness (QED) is 0.379. The zero-order valence-electron chi connectivity index (χ0n) is 18.2. The third-order valence-electron chi connectivity index (χ3n) is 5.13. The first-order chi connectivity index (χ1) is 15.6. The number of rotatable bonds is 9. The molecule has 0 unspecified atom stereocenters. The van der Waals surface area contributed by atoms with E-state index in [2.05, 4.69) is 0 Å². The molecule has 33 heavy (non-hydrogen) atoms. The van der Waals surface area contributed by atoms with E-state index < -0.39 is 30.7 Å². The molecule has 11 nitrogen and oxygen atoms in total. The van der Waals surface area contributed by atoms with Crippen molar-refractivity contribution in [2.24, 2.45) is 0 Å². The maximum Gasteiger partial charge on any atom is 0.312 e. The van der Waals surface area contributed by atoms with Crippen molar-refractivity contribution < 1.29 is 31.2 Å². The maximum absolute atomic E-state index is 12.7. The summed E-state index contributed by atoms with van der Waals surface area (Å²) in [7, 11) is -7.58. The van der Waals surface area contributed by atoms with Gasteiger partial charge in [-0.1, -0.05) is 13.8 Å². The third kappa shape index (κ3) is 5.33. The number of nitro benzene ring substituents is 1. The van der Waals surface area contributed by atoms with E-state index in [1.807, 2.05) is 0 Å². The van der Waals surface area contributed by atoms with Crippen molar-refractivity contribution in [1.82, 2.24) is 8.61 Å². The van der Waals surface area contributed by atoms with E-state index in [1.165, 1.54) is 45.0 Å². The molecule has 0 aromatic heterocycles. The normalized spacial score (nSPS) is 15.5. The smallest absolute Gasteiger partial charge is 0.312 e. The SMILES string of the molecule is CCN(CC)S(=O)(=O)c1ccc(Oc2ccc(S(=O)(=O)N3CCOCC3)cc2)c([N+](=O)[O-])c1. The van der Waals surface area contributed by atoms with Crippen LogP contribution in [0.4, 0.5) is 5.69 Å². The maximum atomic E-state index is 12.7. The number of benzene rings is 2. The van der Waals surface area contributed by atoms with Crippen LogP contribution < -0.4 is 4.74 Å². The Morgan fingerprint density at radius 1 is 1.00 bits per heavy atom. The van der Waals surface area contributed by atoms with Crippen molar-refractivity contribution in [3.05, 3.63) is 52.6 Å². The van der Waals surface area contributed by atoms with E-state index in [1.54, 1.807) is 13.8 Å². The van der Waals surface area contributed by atoms with Crippen LogP contribution in [0, 0.1) is 10.1 Å². The fourth-order valence-electron chi connectivity index (χ4n) is 3.34. The molecule has 0 saturated carbocycles. The molecule has 1 aliphatic heterocycles. The molecule has 3 rings (SSSR count). The number of hydrogen-bond acceptors (Lipinski definition) is 8. The second-order valence-electron chi connectivity index (χ2n) is 7.07. The predicted molar refractivity (Wildman–Crippen MR) is 119 cm³/mol. The molecule has 0 atom stereocenters. The van der Waals surface area contributed by atoms with Crippen LogP contribution in [0.2, 0.25) is 0 Å². The van der Waals surface area contributed by atoms with Gasteiger partial charge < -0.3 is 9.47 Å². The minimum absolute atomic E-state index is 0.0620. The van der Waals surface area contributed by atoms with E-state index in [4.69, 9.17) is 9.47 Å². The molecule has 1 aliphatic rings. The second-order valence-corrected chi connectivity index (χ2v) is 10.9. The minimum atomic E-state index is -3.89. The molecule has 0 aliphatic carbocycles. The van der Waals surface area contributed by atoms with Gasteiger partial charge in [0.05, 0.1) is 27.9 Å². The van der Waals surface area contributed by atoms with Crippen LogP contribution >= 0.6 is 0 Å². The number of nitro groups is 1. The summed E-state index contributed by atoms with van der Waals surface area (Å²) in [6, 6.07) is 8.89. The molecule has 0 radical (unpaired) electrons.